The molecule has 2 saturated heterocycles. The Morgan fingerprint density at radius 3 is 2.19 bits per heavy atom. The number of nitrogens with one attached hydrogen (secondary N) is 1. The van der Waals surface area contributed by atoms with Gasteiger partial charge in [0.15, 0.2) is 5.78 Å². The maximum atomic E-state index is 14.0. The molecule has 4 nitrogen and oxygen atoms in total. The lowest BCUT2D eigenvalue weighted by Gasteiger charge is -2.37. The van der Waals surface area contributed by atoms with Crippen LogP contribution >= 0.6 is 0 Å². The second kappa shape index (κ2) is 8.67. The number of nitrogens with zero attached hydrogens (tertiary/aromatic N) is 1. The summed E-state index contributed by atoms with van der Waals surface area (Å²) in [7, 11) is 0. The molecule has 190 valence electrons. The van der Waals surface area contributed by atoms with Gasteiger partial charge in [-0.2, -0.15) is 26.3 Å². The van der Waals surface area contributed by atoms with E-state index in [1.807, 2.05) is 4.90 Å². The van der Waals surface area contributed by atoms with Crippen molar-refractivity contribution in [1.82, 2.24) is 0 Å². The number of benzene rings is 2. The Morgan fingerprint density at radius 1 is 0.889 bits per heavy atom. The summed E-state index contributed by atoms with van der Waals surface area (Å²) in [6.45, 7) is 0. The summed E-state index contributed by atoms with van der Waals surface area (Å²) in [6, 6.07) is 7.27. The second-order valence-corrected chi connectivity index (χ2v) is 9.39. The van der Waals surface area contributed by atoms with Crippen LogP contribution in [-0.4, -0.2) is 23.8 Å². The number of carbonyl (C=O) groups excluding carboxylic acids is 2. The third-order valence-corrected chi connectivity index (χ3v) is 7.25. The summed E-state index contributed by atoms with van der Waals surface area (Å²) in [5, 5.41) is 2.13. The van der Waals surface area contributed by atoms with Gasteiger partial charge in [-0.3, -0.25) is 9.59 Å². The molecule has 1 aliphatic carbocycles. The number of fused-ring (bicyclic) bond motifs is 3. The summed E-state index contributed by atoms with van der Waals surface area (Å²) < 4.78 is 82.3. The number of piperidine rings is 1. The standard InChI is InChI=1S/C26H22F6N2O2/c27-25(28,29)19-6-1-3-14-7-11-18(23(35)22(14)19)24(36)33-21-12-10-17(13-20(21)26(30,31)32)34-15-4-2-5-16(34)9-8-15/h1,3,6,10-13,15-16H,2,4-5,7-9H2,(H,33,36). The van der Waals surface area contributed by atoms with Gasteiger partial charge in [0.2, 0.25) is 0 Å². The van der Waals surface area contributed by atoms with Crippen LogP contribution in [0.4, 0.5) is 37.7 Å². The highest BCUT2D eigenvalue weighted by atomic mass is 19.4. The van der Waals surface area contributed by atoms with E-state index in [9.17, 15) is 35.9 Å². The number of hydrogen-bond donors (Lipinski definition) is 1. The Morgan fingerprint density at radius 2 is 1.56 bits per heavy atom. The van der Waals surface area contributed by atoms with E-state index >= 15 is 0 Å². The molecule has 2 aliphatic heterocycles. The van der Waals surface area contributed by atoms with Gasteiger partial charge in [-0.05, 0) is 68.4 Å². The van der Waals surface area contributed by atoms with E-state index in [0.29, 0.717) is 5.69 Å². The number of rotatable bonds is 3. The molecule has 2 bridgehead atoms. The zero-order valence-corrected chi connectivity index (χ0v) is 19.0. The summed E-state index contributed by atoms with van der Waals surface area (Å²) in [5.74, 6) is -2.35. The normalized spacial score (nSPS) is 21.8. The Bertz CT molecular complexity index is 1250. The Kier molecular flexibility index (Phi) is 5.88. The minimum Gasteiger partial charge on any atom is -0.366 e. The van der Waals surface area contributed by atoms with E-state index in [-0.39, 0.29) is 24.1 Å². The molecule has 2 atom stereocenters. The number of ketones is 1. The van der Waals surface area contributed by atoms with Crippen molar-refractivity contribution in [3.05, 3.63) is 70.3 Å². The number of carbonyl (C=O) groups is 2. The van der Waals surface area contributed by atoms with Crippen molar-refractivity contribution in [3.8, 4) is 0 Å². The van der Waals surface area contributed by atoms with E-state index in [0.717, 1.165) is 56.4 Å². The van der Waals surface area contributed by atoms with Gasteiger partial charge >= 0.3 is 12.4 Å². The molecule has 1 N–H and O–H groups in total. The van der Waals surface area contributed by atoms with Gasteiger partial charge < -0.3 is 10.2 Å². The van der Waals surface area contributed by atoms with Gasteiger partial charge in [-0.1, -0.05) is 18.2 Å². The summed E-state index contributed by atoms with van der Waals surface area (Å²) in [4.78, 5) is 27.8. The van der Waals surface area contributed by atoms with Crippen LogP contribution in [0, 0.1) is 0 Å². The van der Waals surface area contributed by atoms with Crippen molar-refractivity contribution < 1.29 is 35.9 Å². The van der Waals surface area contributed by atoms with Gasteiger partial charge in [-0.15, -0.1) is 0 Å². The molecule has 3 aliphatic rings. The molecular weight excluding hydrogens is 486 g/mol. The summed E-state index contributed by atoms with van der Waals surface area (Å²) in [5.41, 5.74) is -3.55. The molecule has 2 aromatic carbocycles. The second-order valence-electron chi connectivity index (χ2n) is 9.39. The highest BCUT2D eigenvalue weighted by Crippen LogP contribution is 2.43. The van der Waals surface area contributed by atoms with Crippen LogP contribution < -0.4 is 10.2 Å². The zero-order valence-electron chi connectivity index (χ0n) is 19.0. The summed E-state index contributed by atoms with van der Waals surface area (Å²) >= 11 is 0. The Hall–Kier alpha value is -3.30. The highest BCUT2D eigenvalue weighted by molar-refractivity contribution is 6.30. The average molecular weight is 508 g/mol. The van der Waals surface area contributed by atoms with Crippen molar-refractivity contribution in [2.45, 2.75) is 63.0 Å². The first-order chi connectivity index (χ1) is 16.9. The fourth-order valence-electron chi connectivity index (χ4n) is 5.67. The van der Waals surface area contributed by atoms with Crippen LogP contribution in [0.15, 0.2) is 48.0 Å². The number of halogens is 6. The molecule has 2 aromatic rings. The van der Waals surface area contributed by atoms with Gasteiger partial charge in [0.1, 0.15) is 0 Å². The number of hydrogen-bond acceptors (Lipinski definition) is 3. The Balaban J connectivity index is 1.44. The molecule has 0 aromatic heterocycles. The Labute approximate surface area is 203 Å². The van der Waals surface area contributed by atoms with Gasteiger partial charge in [0.05, 0.1) is 22.4 Å². The van der Waals surface area contributed by atoms with E-state index in [1.54, 1.807) is 0 Å². The van der Waals surface area contributed by atoms with Crippen LogP contribution in [0.3, 0.4) is 0 Å². The van der Waals surface area contributed by atoms with Gasteiger partial charge in [0.25, 0.3) is 5.91 Å². The van der Waals surface area contributed by atoms with Crippen molar-refractivity contribution >= 4 is 23.1 Å². The largest absolute Gasteiger partial charge is 0.418 e. The third kappa shape index (κ3) is 4.26. The third-order valence-electron chi connectivity index (χ3n) is 7.25. The van der Waals surface area contributed by atoms with Crippen molar-refractivity contribution in [3.63, 3.8) is 0 Å². The minimum absolute atomic E-state index is 0.0999. The molecule has 0 radical (unpaired) electrons. The predicted molar refractivity (Wildman–Crippen MR) is 121 cm³/mol. The van der Waals surface area contributed by atoms with Crippen molar-refractivity contribution in [1.29, 1.82) is 0 Å². The molecule has 5 rings (SSSR count). The number of Topliss-reactive ketones (excluding diaryl/α,β-unsaturated/α-hetero) is 1. The first-order valence-electron chi connectivity index (χ1n) is 11.7. The first kappa shape index (κ1) is 24.4. The molecule has 2 fully saturated rings. The zero-order chi connectivity index (χ0) is 25.8. The minimum atomic E-state index is -4.83. The maximum Gasteiger partial charge on any atom is 0.418 e. The molecule has 1 amide bonds. The lowest BCUT2D eigenvalue weighted by Crippen LogP contribution is -2.39. The molecular formula is C26H22F6N2O2. The van der Waals surface area contributed by atoms with Crippen LogP contribution in [0.1, 0.15) is 59.2 Å². The van der Waals surface area contributed by atoms with E-state index in [1.165, 1.54) is 18.2 Å². The molecule has 2 unspecified atom stereocenters. The highest BCUT2D eigenvalue weighted by Gasteiger charge is 2.41. The number of allylic oxidation sites excluding steroid dienone is 1. The van der Waals surface area contributed by atoms with Crippen molar-refractivity contribution in [2.75, 3.05) is 10.2 Å². The number of amides is 1. The van der Waals surface area contributed by atoms with Gasteiger partial charge in [-0.25, -0.2) is 0 Å². The molecule has 10 heteroatoms. The molecule has 2 heterocycles. The van der Waals surface area contributed by atoms with Crippen LogP contribution in [-0.2, 0) is 23.6 Å². The molecule has 36 heavy (non-hydrogen) atoms. The van der Waals surface area contributed by atoms with Crippen LogP contribution in [0.2, 0.25) is 0 Å². The van der Waals surface area contributed by atoms with Crippen LogP contribution in [0.25, 0.3) is 0 Å². The molecule has 0 saturated carbocycles. The fraction of sp³-hybridized carbons (Fsp3) is 0.385. The predicted octanol–water partition coefficient (Wildman–Crippen LogP) is 6.55. The lowest BCUT2D eigenvalue weighted by atomic mass is 9.86. The molecule has 0 spiro atoms. The van der Waals surface area contributed by atoms with Crippen LogP contribution in [0.5, 0.6) is 0 Å². The quantitative estimate of drug-likeness (QED) is 0.378. The number of alkyl halides is 6. The SMILES string of the molecule is O=C(Nc1ccc(N2C3CCCC2CC3)cc1C(F)(F)F)C1=CCc2cccc(C(F)(F)F)c2C1=O. The van der Waals surface area contributed by atoms with Gasteiger partial charge in [0, 0.05) is 23.3 Å². The smallest absolute Gasteiger partial charge is 0.366 e. The number of anilines is 2. The monoisotopic (exact) mass is 508 g/mol. The summed E-state index contributed by atoms with van der Waals surface area (Å²) in [6.07, 6.45) is -3.91. The first-order valence-corrected chi connectivity index (χ1v) is 11.7. The van der Waals surface area contributed by atoms with E-state index < -0.39 is 52.0 Å². The lowest BCUT2D eigenvalue weighted by molar-refractivity contribution is -0.138. The van der Waals surface area contributed by atoms with Crippen molar-refractivity contribution in [2.24, 2.45) is 0 Å². The maximum absolute atomic E-state index is 14.0. The average Bonchev–Trinajstić information content (AvgIpc) is 3.05. The van der Waals surface area contributed by atoms with E-state index in [4.69, 9.17) is 0 Å². The topological polar surface area (TPSA) is 49.4 Å². The fourth-order valence-corrected chi connectivity index (χ4v) is 5.67. The van der Waals surface area contributed by atoms with E-state index in [2.05, 4.69) is 5.32 Å².